The average Bonchev–Trinajstić information content (AvgIpc) is 2.78. The molecule has 0 atom stereocenters. The van der Waals surface area contributed by atoms with Gasteiger partial charge in [0.1, 0.15) is 0 Å². The van der Waals surface area contributed by atoms with E-state index >= 15 is 0 Å². The van der Waals surface area contributed by atoms with Gasteiger partial charge >= 0.3 is 5.69 Å². The lowest BCUT2D eigenvalue weighted by Gasteiger charge is -2.01. The van der Waals surface area contributed by atoms with Crippen molar-refractivity contribution in [2.75, 3.05) is 0 Å². The minimum absolute atomic E-state index is 0.0377. The van der Waals surface area contributed by atoms with E-state index in [1.807, 2.05) is 0 Å². The number of hydrogen-bond donors (Lipinski definition) is 0. The van der Waals surface area contributed by atoms with Crippen LogP contribution in [0.4, 0.5) is 5.69 Å². The first-order chi connectivity index (χ1) is 10.1. The molecule has 0 aliphatic carbocycles. The number of fused-ring (bicyclic) bond motifs is 1. The number of nitro benzene ring substituents is 1. The van der Waals surface area contributed by atoms with E-state index in [-0.39, 0.29) is 17.9 Å². The van der Waals surface area contributed by atoms with Crippen LogP contribution in [0.1, 0.15) is 5.56 Å². The summed E-state index contributed by atoms with van der Waals surface area (Å²) < 4.78 is 3.11. The predicted molar refractivity (Wildman–Crippen MR) is 79.4 cm³/mol. The number of benzene rings is 1. The highest BCUT2D eigenvalue weighted by Crippen LogP contribution is 2.25. The zero-order valence-corrected chi connectivity index (χ0v) is 12.2. The van der Waals surface area contributed by atoms with Gasteiger partial charge in [0.25, 0.3) is 5.69 Å². The topological polar surface area (TPSA) is 82.4 Å². The highest BCUT2D eigenvalue weighted by Gasteiger charge is 2.14. The largest absolute Gasteiger partial charge is 0.350 e. The first-order valence-corrected chi connectivity index (χ1v) is 6.82. The molecule has 3 rings (SSSR count). The molecule has 2 heterocycles. The van der Waals surface area contributed by atoms with E-state index in [1.54, 1.807) is 36.5 Å². The molecule has 7 nitrogen and oxygen atoms in total. The molecule has 0 saturated carbocycles. The summed E-state index contributed by atoms with van der Waals surface area (Å²) in [6, 6.07) is 9.99. The van der Waals surface area contributed by atoms with Gasteiger partial charge in [0.2, 0.25) is 0 Å². The summed E-state index contributed by atoms with van der Waals surface area (Å²) in [4.78, 5) is 22.6. The Morgan fingerprint density at radius 3 is 2.81 bits per heavy atom. The second-order valence-corrected chi connectivity index (χ2v) is 5.27. The van der Waals surface area contributed by atoms with Gasteiger partial charge in [-0.1, -0.05) is 12.1 Å². The van der Waals surface area contributed by atoms with Crippen molar-refractivity contribution >= 4 is 27.3 Å². The fraction of sp³-hybridized carbons (Fsp3) is 0.0769. The normalized spacial score (nSPS) is 10.9. The van der Waals surface area contributed by atoms with E-state index in [2.05, 4.69) is 21.0 Å². The van der Waals surface area contributed by atoms with E-state index < -0.39 is 4.92 Å². The molecule has 0 aliphatic heterocycles. The van der Waals surface area contributed by atoms with Gasteiger partial charge in [-0.2, -0.15) is 0 Å². The first-order valence-electron chi connectivity index (χ1n) is 6.03. The average molecular weight is 349 g/mol. The van der Waals surface area contributed by atoms with Crippen molar-refractivity contribution in [2.24, 2.45) is 0 Å². The van der Waals surface area contributed by atoms with Gasteiger partial charge in [-0.3, -0.25) is 14.5 Å². The lowest BCUT2D eigenvalue weighted by Crippen LogP contribution is -2.21. The third-order valence-corrected chi connectivity index (χ3v) is 3.70. The van der Waals surface area contributed by atoms with Crippen molar-refractivity contribution in [1.82, 2.24) is 14.2 Å². The molecule has 0 saturated heterocycles. The first kappa shape index (κ1) is 13.5. The molecular weight excluding hydrogens is 340 g/mol. The minimum Gasteiger partial charge on any atom is -0.258 e. The molecule has 0 aliphatic rings. The summed E-state index contributed by atoms with van der Waals surface area (Å²) in [7, 11) is 0. The molecule has 0 spiro atoms. The van der Waals surface area contributed by atoms with Crippen LogP contribution in [0.15, 0.2) is 51.9 Å². The van der Waals surface area contributed by atoms with Crippen molar-refractivity contribution in [3.63, 3.8) is 0 Å². The third kappa shape index (κ3) is 2.45. The second-order valence-electron chi connectivity index (χ2n) is 4.41. The highest BCUT2D eigenvalue weighted by atomic mass is 79.9. The zero-order valence-electron chi connectivity index (χ0n) is 10.6. The smallest absolute Gasteiger partial charge is 0.258 e. The lowest BCUT2D eigenvalue weighted by atomic mass is 10.2. The van der Waals surface area contributed by atoms with Crippen LogP contribution in [0, 0.1) is 10.1 Å². The summed E-state index contributed by atoms with van der Waals surface area (Å²) in [5.41, 5.74) is 0.852. The Bertz CT molecular complexity index is 900. The van der Waals surface area contributed by atoms with E-state index in [4.69, 9.17) is 0 Å². The molecular formula is C13H9BrN4O3. The molecule has 21 heavy (non-hydrogen) atoms. The number of halogens is 1. The molecule has 0 bridgehead atoms. The summed E-state index contributed by atoms with van der Waals surface area (Å²) in [5.74, 6) is 0. The number of hydrogen-bond acceptors (Lipinski definition) is 4. The lowest BCUT2D eigenvalue weighted by molar-refractivity contribution is -0.385. The van der Waals surface area contributed by atoms with Crippen LogP contribution in [-0.2, 0) is 6.54 Å². The molecule has 0 N–H and O–H groups in total. The molecule has 8 heteroatoms. The summed E-state index contributed by atoms with van der Waals surface area (Å²) >= 11 is 3.13. The number of pyridine rings is 1. The molecule has 0 radical (unpaired) electrons. The maximum Gasteiger partial charge on any atom is 0.350 e. The monoisotopic (exact) mass is 348 g/mol. The Morgan fingerprint density at radius 1 is 1.29 bits per heavy atom. The Labute approximate surface area is 126 Å². The Hall–Kier alpha value is -2.48. The van der Waals surface area contributed by atoms with Crippen LogP contribution < -0.4 is 5.69 Å². The maximum absolute atomic E-state index is 12.1. The van der Waals surface area contributed by atoms with E-state index in [9.17, 15) is 14.9 Å². The summed E-state index contributed by atoms with van der Waals surface area (Å²) in [6.45, 7) is 0.175. The molecule has 106 valence electrons. The number of rotatable bonds is 3. The molecule has 3 aromatic rings. The minimum atomic E-state index is -0.472. The van der Waals surface area contributed by atoms with Crippen LogP contribution in [-0.4, -0.2) is 19.1 Å². The number of nitrogens with zero attached hydrogens (tertiary/aromatic N) is 4. The Morgan fingerprint density at radius 2 is 2.10 bits per heavy atom. The van der Waals surface area contributed by atoms with Gasteiger partial charge in [-0.15, -0.1) is 5.10 Å². The SMILES string of the molecule is O=c1n(Cc2ccc(Br)c([N+](=O)[O-])c2)nc2ccccn12. The van der Waals surface area contributed by atoms with Crippen molar-refractivity contribution in [1.29, 1.82) is 0 Å². The standard InChI is InChI=1S/C13H9BrN4O3/c14-10-5-4-9(7-11(10)18(20)21)8-17-13(19)16-6-2-1-3-12(16)15-17/h1-7H,8H2. The third-order valence-electron chi connectivity index (χ3n) is 3.03. The second kappa shape index (κ2) is 5.13. The fourth-order valence-corrected chi connectivity index (χ4v) is 2.43. The van der Waals surface area contributed by atoms with Crippen molar-refractivity contribution < 1.29 is 4.92 Å². The van der Waals surface area contributed by atoms with Crippen LogP contribution in [0.5, 0.6) is 0 Å². The number of nitro groups is 1. The molecule has 0 fully saturated rings. The summed E-state index contributed by atoms with van der Waals surface area (Å²) in [6.07, 6.45) is 1.63. The van der Waals surface area contributed by atoms with E-state index in [0.29, 0.717) is 15.7 Å². The highest BCUT2D eigenvalue weighted by molar-refractivity contribution is 9.10. The Kier molecular flexibility index (Phi) is 3.30. The predicted octanol–water partition coefficient (Wildman–Crippen LogP) is 2.21. The molecule has 2 aromatic heterocycles. The van der Waals surface area contributed by atoms with E-state index in [1.165, 1.54) is 15.1 Å². The maximum atomic E-state index is 12.1. The van der Waals surface area contributed by atoms with Gasteiger partial charge in [0.15, 0.2) is 5.65 Å². The van der Waals surface area contributed by atoms with Crippen molar-refractivity contribution in [3.8, 4) is 0 Å². The molecule has 0 unspecified atom stereocenters. The van der Waals surface area contributed by atoms with Gasteiger partial charge in [0, 0.05) is 12.3 Å². The van der Waals surface area contributed by atoms with Gasteiger partial charge in [-0.05, 0) is 39.7 Å². The van der Waals surface area contributed by atoms with Gasteiger partial charge in [-0.25, -0.2) is 9.48 Å². The van der Waals surface area contributed by atoms with Crippen molar-refractivity contribution in [2.45, 2.75) is 6.54 Å². The fourth-order valence-electron chi connectivity index (χ4n) is 2.04. The molecule has 0 amide bonds. The van der Waals surface area contributed by atoms with Gasteiger partial charge < -0.3 is 0 Å². The van der Waals surface area contributed by atoms with Crippen LogP contribution >= 0.6 is 15.9 Å². The van der Waals surface area contributed by atoms with Crippen LogP contribution in [0.25, 0.3) is 5.65 Å². The van der Waals surface area contributed by atoms with E-state index in [0.717, 1.165) is 0 Å². The van der Waals surface area contributed by atoms with Gasteiger partial charge in [0.05, 0.1) is 15.9 Å². The Balaban J connectivity index is 2.03. The van der Waals surface area contributed by atoms with Crippen LogP contribution in [0.3, 0.4) is 0 Å². The molecule has 1 aromatic carbocycles. The summed E-state index contributed by atoms with van der Waals surface area (Å²) in [5, 5.41) is 15.1. The van der Waals surface area contributed by atoms with Crippen LogP contribution in [0.2, 0.25) is 0 Å². The number of aromatic nitrogens is 3. The quantitative estimate of drug-likeness (QED) is 0.536. The van der Waals surface area contributed by atoms with Crippen molar-refractivity contribution in [3.05, 3.63) is 73.2 Å². The zero-order chi connectivity index (χ0) is 15.0.